The smallest absolute Gasteiger partial charge is 0.162 e. The molecule has 5 nitrogen and oxygen atoms in total. The largest absolute Gasteiger partial charge is 0.309 e. The second-order valence-electron chi connectivity index (χ2n) is 15.1. The first-order valence-corrected chi connectivity index (χ1v) is 20.0. The Bertz CT molecular complexity index is 3380. The zero-order chi connectivity index (χ0) is 38.9. The van der Waals surface area contributed by atoms with Crippen molar-refractivity contribution in [2.24, 2.45) is 0 Å². The van der Waals surface area contributed by atoms with E-state index < -0.39 is 0 Å². The second kappa shape index (κ2) is 13.3. The highest BCUT2D eigenvalue weighted by Crippen LogP contribution is 2.46. The summed E-state index contributed by atoms with van der Waals surface area (Å²) in [5.74, 6) is 1.52. The Balaban J connectivity index is 1.09. The first-order chi connectivity index (χ1) is 29.3. The summed E-state index contributed by atoms with van der Waals surface area (Å²) in [6.07, 6.45) is 4.51. The van der Waals surface area contributed by atoms with Gasteiger partial charge in [-0.05, 0) is 66.2 Å². The van der Waals surface area contributed by atoms with Gasteiger partial charge in [-0.3, -0.25) is 4.57 Å². The second-order valence-corrected chi connectivity index (χ2v) is 15.1. The molecule has 0 unspecified atom stereocenters. The average Bonchev–Trinajstić information content (AvgIpc) is 3.75. The van der Waals surface area contributed by atoms with Crippen molar-refractivity contribution in [2.75, 3.05) is 4.90 Å². The molecule has 0 bridgehead atoms. The zero-order valence-corrected chi connectivity index (χ0v) is 31.9. The van der Waals surface area contributed by atoms with Gasteiger partial charge in [0, 0.05) is 55.7 Å². The Morgan fingerprint density at radius 2 is 0.932 bits per heavy atom. The average molecular weight is 754 g/mol. The monoisotopic (exact) mass is 753 g/mol. The Hall–Kier alpha value is -8.02. The number of para-hydroxylation sites is 4. The molecule has 0 N–H and O–H groups in total. The van der Waals surface area contributed by atoms with Crippen LogP contribution in [0, 0.1) is 0 Å². The Morgan fingerprint density at radius 3 is 1.69 bits per heavy atom. The summed E-state index contributed by atoms with van der Waals surface area (Å²) >= 11 is 0. The van der Waals surface area contributed by atoms with Gasteiger partial charge in [-0.1, -0.05) is 146 Å². The minimum atomic E-state index is 0.692. The van der Waals surface area contributed by atoms with Crippen LogP contribution in [0.2, 0.25) is 0 Å². The van der Waals surface area contributed by atoms with Crippen LogP contribution in [0.4, 0.5) is 17.1 Å². The zero-order valence-electron chi connectivity index (χ0n) is 31.9. The number of hydrogen-bond acceptors (Lipinski definition) is 3. The van der Waals surface area contributed by atoms with Crippen molar-refractivity contribution in [3.8, 4) is 34.2 Å². The van der Waals surface area contributed by atoms with Crippen molar-refractivity contribution in [3.63, 3.8) is 0 Å². The van der Waals surface area contributed by atoms with E-state index in [1.807, 2.05) is 24.3 Å². The maximum atomic E-state index is 5.25. The highest BCUT2D eigenvalue weighted by molar-refractivity contribution is 6.14. The van der Waals surface area contributed by atoms with Crippen LogP contribution in [0.3, 0.4) is 0 Å². The SMILES string of the molecule is C1=Cc2cc3c(cc2N(c2ccccc2)c2ccccc21)c1ccccc1n3-c1ccc2c(c1)c1ccccc1n2-c1cc(-c2ccccc2)nc(-c2ccccc2)n1. The van der Waals surface area contributed by atoms with Crippen LogP contribution in [0.5, 0.6) is 0 Å². The van der Waals surface area contributed by atoms with Crippen LogP contribution in [-0.4, -0.2) is 19.1 Å². The topological polar surface area (TPSA) is 38.9 Å². The molecule has 3 aromatic heterocycles. The molecule has 276 valence electrons. The molecule has 11 aromatic rings. The molecule has 12 rings (SSSR count). The van der Waals surface area contributed by atoms with E-state index in [4.69, 9.17) is 9.97 Å². The summed E-state index contributed by atoms with van der Waals surface area (Å²) in [5, 5.41) is 4.74. The number of aromatic nitrogens is 4. The summed E-state index contributed by atoms with van der Waals surface area (Å²) in [6.45, 7) is 0. The standard InChI is InChI=1S/C54H35N5/c1-4-16-36(17-5-1)46-35-53(56-54(55-46)38-19-6-2-7-20-38)59-49-27-15-12-23-42(49)44-33-41(30-31-50(44)59)58-48-26-14-11-24-43(48)45-34-51-39(32-52(45)58)29-28-37-18-10-13-25-47(37)57(51)40-21-8-3-9-22-40/h1-35H. The minimum absolute atomic E-state index is 0.692. The maximum Gasteiger partial charge on any atom is 0.162 e. The number of rotatable bonds is 5. The van der Waals surface area contributed by atoms with E-state index in [0.29, 0.717) is 5.82 Å². The summed E-state index contributed by atoms with van der Waals surface area (Å²) < 4.78 is 4.72. The molecule has 0 saturated carbocycles. The Kier molecular flexibility index (Phi) is 7.47. The molecule has 0 amide bonds. The van der Waals surface area contributed by atoms with Gasteiger partial charge in [0.15, 0.2) is 5.82 Å². The lowest BCUT2D eigenvalue weighted by atomic mass is 10.1. The van der Waals surface area contributed by atoms with Crippen LogP contribution >= 0.6 is 0 Å². The van der Waals surface area contributed by atoms with Gasteiger partial charge < -0.3 is 9.47 Å². The van der Waals surface area contributed by atoms with Crippen LogP contribution in [0.25, 0.3) is 89.9 Å². The summed E-state index contributed by atoms with van der Waals surface area (Å²) in [6, 6.07) is 71.1. The lowest BCUT2D eigenvalue weighted by Gasteiger charge is -2.27. The van der Waals surface area contributed by atoms with Gasteiger partial charge in [-0.25, -0.2) is 9.97 Å². The third-order valence-corrected chi connectivity index (χ3v) is 11.7. The lowest BCUT2D eigenvalue weighted by Crippen LogP contribution is -2.11. The van der Waals surface area contributed by atoms with Crippen LogP contribution in [0.1, 0.15) is 11.1 Å². The third-order valence-electron chi connectivity index (χ3n) is 11.7. The van der Waals surface area contributed by atoms with Crippen molar-refractivity contribution in [1.82, 2.24) is 19.1 Å². The van der Waals surface area contributed by atoms with Gasteiger partial charge in [-0.2, -0.15) is 0 Å². The molecule has 0 aliphatic carbocycles. The first-order valence-electron chi connectivity index (χ1n) is 20.0. The van der Waals surface area contributed by atoms with Gasteiger partial charge >= 0.3 is 0 Å². The van der Waals surface area contributed by atoms with E-state index in [1.165, 1.54) is 21.7 Å². The molecule has 59 heavy (non-hydrogen) atoms. The van der Waals surface area contributed by atoms with E-state index in [0.717, 1.165) is 78.4 Å². The third kappa shape index (κ3) is 5.33. The van der Waals surface area contributed by atoms with Gasteiger partial charge in [-0.15, -0.1) is 0 Å². The molecule has 1 aliphatic rings. The molecule has 1 aliphatic heterocycles. The van der Waals surface area contributed by atoms with E-state index >= 15 is 0 Å². The van der Waals surface area contributed by atoms with Crippen LogP contribution < -0.4 is 4.90 Å². The molecule has 0 saturated heterocycles. The molecule has 5 heteroatoms. The Labute approximate surface area is 341 Å². The minimum Gasteiger partial charge on any atom is -0.309 e. The van der Waals surface area contributed by atoms with Gasteiger partial charge in [0.05, 0.1) is 39.1 Å². The number of hydrogen-bond donors (Lipinski definition) is 0. The fourth-order valence-electron chi connectivity index (χ4n) is 8.99. The first kappa shape index (κ1) is 33.2. The molecule has 0 atom stereocenters. The van der Waals surface area contributed by atoms with Crippen molar-refractivity contribution in [3.05, 3.63) is 211 Å². The van der Waals surface area contributed by atoms with E-state index in [2.05, 4.69) is 202 Å². The van der Waals surface area contributed by atoms with E-state index in [1.54, 1.807) is 0 Å². The maximum absolute atomic E-state index is 5.25. The molecule has 8 aromatic carbocycles. The molecule has 0 spiro atoms. The van der Waals surface area contributed by atoms with Gasteiger partial charge in [0.1, 0.15) is 5.82 Å². The summed E-state index contributed by atoms with van der Waals surface area (Å²) in [7, 11) is 0. The normalized spacial score (nSPS) is 12.3. The highest BCUT2D eigenvalue weighted by Gasteiger charge is 2.24. The fraction of sp³-hybridized carbons (Fsp3) is 0. The quantitative estimate of drug-likeness (QED) is 0.176. The van der Waals surface area contributed by atoms with E-state index in [9.17, 15) is 0 Å². The number of fused-ring (bicyclic) bond motifs is 8. The number of anilines is 3. The van der Waals surface area contributed by atoms with Crippen molar-refractivity contribution < 1.29 is 0 Å². The van der Waals surface area contributed by atoms with Crippen molar-refractivity contribution in [2.45, 2.75) is 0 Å². The number of benzene rings is 8. The van der Waals surface area contributed by atoms with Gasteiger partial charge in [0.25, 0.3) is 0 Å². The molecule has 0 radical (unpaired) electrons. The number of nitrogens with zero attached hydrogens (tertiary/aromatic N) is 5. The van der Waals surface area contributed by atoms with Crippen LogP contribution in [-0.2, 0) is 0 Å². The van der Waals surface area contributed by atoms with E-state index in [-0.39, 0.29) is 0 Å². The molecule has 0 fully saturated rings. The summed E-state index contributed by atoms with van der Waals surface area (Å²) in [5.41, 5.74) is 14.3. The van der Waals surface area contributed by atoms with Crippen molar-refractivity contribution in [1.29, 1.82) is 0 Å². The van der Waals surface area contributed by atoms with Crippen LogP contribution in [0.15, 0.2) is 200 Å². The predicted octanol–water partition coefficient (Wildman–Crippen LogP) is 14.0. The van der Waals surface area contributed by atoms with Gasteiger partial charge in [0.2, 0.25) is 0 Å². The van der Waals surface area contributed by atoms with Crippen molar-refractivity contribution >= 4 is 72.8 Å². The molecular weight excluding hydrogens is 719 g/mol. The lowest BCUT2D eigenvalue weighted by molar-refractivity contribution is 1.05. The predicted molar refractivity (Wildman–Crippen MR) is 245 cm³/mol. The molecule has 4 heterocycles. The molecular formula is C54H35N5. The Morgan fingerprint density at radius 1 is 0.339 bits per heavy atom. The summed E-state index contributed by atoms with van der Waals surface area (Å²) in [4.78, 5) is 12.7. The fourth-order valence-corrected chi connectivity index (χ4v) is 8.99. The highest BCUT2D eigenvalue weighted by atomic mass is 15.2.